The number of aliphatic imine (C=N–C) groups is 1. The third-order valence-corrected chi connectivity index (χ3v) is 16.7. The molecule has 2 aliphatic rings. The summed E-state index contributed by atoms with van der Waals surface area (Å²) < 4.78 is 0. The van der Waals surface area contributed by atoms with E-state index in [9.17, 15) is 62.3 Å². The maximum absolute atomic E-state index is 14.7. The van der Waals surface area contributed by atoms with Gasteiger partial charge in [-0.05, 0) is 119 Å². The standard InChI is InChI=1S/C63H98N18O13S/c1-37(2)33-45(57(89)74-41(53(68)85)27-32-95-3)73-52(84)36-72-54(86)46(34-38-15-6-4-7-16-38)78-58(90)47(35-39-17-8-5-9-18-39)79-56(88)42(23-25-50(66)82)75-55(87)43(24-26-51(67)83)76-59(91)49-22-14-31-81(49)62(94)44(20-10-11-28-64)77-60(92)48-21-13-30-80(48)61(93)40(65)19-12-29-71-63(69)70/h4-9,15-18,37,40-49H,10-14,19-36,64-65H2,1-3H3,(H2,66,82)(H2,67,83)(H2,68,85)(H,72,86)(H,73,84)(H,74,89)(H,75,87)(H,76,91)(H,77,92)(H,78,90)(H,79,88)(H4,69,70,71)/t40-,41-,42+,43-,44+,45+,46+,47+,48-,49+/m0/s1. The minimum Gasteiger partial charge on any atom is -0.370 e. The Kier molecular flexibility index (Phi) is 33.9. The summed E-state index contributed by atoms with van der Waals surface area (Å²) >= 11 is 1.45. The number of amides is 13. The van der Waals surface area contributed by atoms with Crippen molar-refractivity contribution < 1.29 is 62.3 Å². The summed E-state index contributed by atoms with van der Waals surface area (Å²) in [7, 11) is 0. The van der Waals surface area contributed by atoms with E-state index in [4.69, 9.17) is 40.1 Å². The molecule has 0 bridgehead atoms. The Morgan fingerprint density at radius 1 is 0.537 bits per heavy atom. The van der Waals surface area contributed by atoms with E-state index in [1.165, 1.54) is 21.6 Å². The van der Waals surface area contributed by atoms with Crippen LogP contribution in [-0.4, -0.2) is 198 Å². The minimum absolute atomic E-state index is 0.0736. The molecular weight excluding hydrogens is 1250 g/mol. The van der Waals surface area contributed by atoms with Crippen LogP contribution in [-0.2, 0) is 75.2 Å². The first kappa shape index (κ1) is 78.5. The molecule has 0 aliphatic carbocycles. The van der Waals surface area contributed by atoms with Gasteiger partial charge in [-0.2, -0.15) is 11.8 Å². The maximum Gasteiger partial charge on any atom is 0.245 e. The lowest BCUT2D eigenvalue weighted by Crippen LogP contribution is -2.60. The molecule has 31 nitrogen and oxygen atoms in total. The Morgan fingerprint density at radius 3 is 1.51 bits per heavy atom. The molecule has 10 atom stereocenters. The summed E-state index contributed by atoms with van der Waals surface area (Å²) in [5, 5.41) is 21.1. The monoisotopic (exact) mass is 1350 g/mol. The molecule has 2 aromatic carbocycles. The highest BCUT2D eigenvalue weighted by Gasteiger charge is 2.42. The van der Waals surface area contributed by atoms with E-state index in [0.29, 0.717) is 55.4 Å². The minimum atomic E-state index is -1.64. The van der Waals surface area contributed by atoms with Crippen molar-refractivity contribution in [1.29, 1.82) is 0 Å². The van der Waals surface area contributed by atoms with Crippen LogP contribution >= 0.6 is 11.8 Å². The lowest BCUT2D eigenvalue weighted by Gasteiger charge is -2.32. The third-order valence-electron chi connectivity index (χ3n) is 16.0. The van der Waals surface area contributed by atoms with Crippen LogP contribution in [0.25, 0.3) is 0 Å². The van der Waals surface area contributed by atoms with Crippen molar-refractivity contribution in [3.05, 3.63) is 71.8 Å². The molecule has 22 N–H and O–H groups in total. The van der Waals surface area contributed by atoms with Crippen molar-refractivity contribution >= 4 is 94.5 Å². The number of hydrogen-bond donors (Lipinski definition) is 15. The first-order valence-electron chi connectivity index (χ1n) is 32.2. The highest BCUT2D eigenvalue weighted by molar-refractivity contribution is 7.98. The van der Waals surface area contributed by atoms with Gasteiger partial charge in [0.05, 0.1) is 12.6 Å². The molecule has 0 radical (unpaired) electrons. The predicted molar refractivity (Wildman–Crippen MR) is 356 cm³/mol. The van der Waals surface area contributed by atoms with Crippen LogP contribution in [0.1, 0.15) is 121 Å². The van der Waals surface area contributed by atoms with Crippen molar-refractivity contribution in [2.45, 2.75) is 183 Å². The van der Waals surface area contributed by atoms with Gasteiger partial charge in [-0.25, -0.2) is 0 Å². The van der Waals surface area contributed by atoms with Crippen molar-refractivity contribution in [1.82, 2.24) is 52.3 Å². The van der Waals surface area contributed by atoms with E-state index in [-0.39, 0.29) is 83.0 Å². The number of hydrogen-bond acceptors (Lipinski definition) is 17. The molecule has 0 saturated carbocycles. The van der Waals surface area contributed by atoms with Gasteiger partial charge in [-0.1, -0.05) is 74.5 Å². The Bertz CT molecular complexity index is 2960. The third kappa shape index (κ3) is 27.5. The fraction of sp³-hybridized carbons (Fsp3) is 0.587. The largest absolute Gasteiger partial charge is 0.370 e. The Morgan fingerprint density at radius 2 is 1.01 bits per heavy atom. The first-order valence-corrected chi connectivity index (χ1v) is 33.6. The topological polar surface area (TPSA) is 519 Å². The molecule has 2 aromatic rings. The molecule has 0 aromatic heterocycles. The second-order valence-electron chi connectivity index (χ2n) is 24.1. The van der Waals surface area contributed by atoms with Crippen molar-refractivity contribution in [2.75, 3.05) is 44.7 Å². The van der Waals surface area contributed by atoms with Crippen LogP contribution < -0.4 is 82.7 Å². The van der Waals surface area contributed by atoms with Crippen LogP contribution in [0.3, 0.4) is 0 Å². The number of unbranched alkanes of at least 4 members (excludes halogenated alkanes) is 1. The molecule has 4 rings (SSSR count). The lowest BCUT2D eigenvalue weighted by atomic mass is 10.0. The summed E-state index contributed by atoms with van der Waals surface area (Å²) in [4.78, 5) is 185. The van der Waals surface area contributed by atoms with Crippen LogP contribution in [0.2, 0.25) is 0 Å². The number of carbonyl (C=O) groups is 13. The highest BCUT2D eigenvalue weighted by Crippen LogP contribution is 2.24. The van der Waals surface area contributed by atoms with Crippen LogP contribution in [0.4, 0.5) is 0 Å². The van der Waals surface area contributed by atoms with Gasteiger partial charge in [-0.3, -0.25) is 67.3 Å². The highest BCUT2D eigenvalue weighted by atomic mass is 32.2. The summed E-state index contributed by atoms with van der Waals surface area (Å²) in [6.45, 7) is 3.86. The van der Waals surface area contributed by atoms with Gasteiger partial charge in [0, 0.05) is 45.3 Å². The molecule has 2 fully saturated rings. The van der Waals surface area contributed by atoms with Gasteiger partial charge < -0.3 is 92.5 Å². The smallest absolute Gasteiger partial charge is 0.245 e. The first-order chi connectivity index (χ1) is 45.2. The fourth-order valence-electron chi connectivity index (χ4n) is 11.0. The average molecular weight is 1350 g/mol. The average Bonchev–Trinajstić information content (AvgIpc) is 1.74. The van der Waals surface area contributed by atoms with Crippen LogP contribution in [0.5, 0.6) is 0 Å². The summed E-state index contributed by atoms with van der Waals surface area (Å²) in [6, 6.07) is 4.51. The van der Waals surface area contributed by atoms with Gasteiger partial charge in [-0.15, -0.1) is 0 Å². The maximum atomic E-state index is 14.7. The predicted octanol–water partition coefficient (Wildman–Crippen LogP) is -3.71. The summed E-state index contributed by atoms with van der Waals surface area (Å²) in [5.41, 5.74) is 40.6. The fourth-order valence-corrected chi connectivity index (χ4v) is 11.5. The number of carbonyl (C=O) groups excluding carboxylic acids is 13. The van der Waals surface area contributed by atoms with Gasteiger partial charge >= 0.3 is 0 Å². The number of thioether (sulfide) groups is 1. The number of nitrogens with one attached hydrogen (secondary N) is 8. The zero-order chi connectivity index (χ0) is 70.1. The van der Waals surface area contributed by atoms with E-state index in [1.54, 1.807) is 60.7 Å². The lowest BCUT2D eigenvalue weighted by molar-refractivity contribution is -0.144. The molecule has 13 amide bonds. The molecule has 524 valence electrons. The second kappa shape index (κ2) is 41.0. The summed E-state index contributed by atoms with van der Waals surface area (Å²) in [6.07, 6.45) is 3.12. The Balaban J connectivity index is 1.56. The number of guanidine groups is 1. The molecule has 2 saturated heterocycles. The number of rotatable bonds is 42. The van der Waals surface area contributed by atoms with Crippen LogP contribution in [0.15, 0.2) is 65.7 Å². The Labute approximate surface area is 558 Å². The SMILES string of the molecule is CSCC[C@H](NC(=O)[C@@H](CC(C)C)NC(=O)CNC(=O)[C@@H](Cc1ccccc1)NC(=O)[C@@H](Cc1ccccc1)NC(=O)[C@@H](CCC(N)=O)NC(=O)[C@H](CCC(N)=O)NC(=O)[C@H]1CCCN1C(=O)[C@@H](CCCCN)NC(=O)[C@@H]1CCCN1C(=O)[C@@H](N)CCCN=C(N)N)C(N)=O. The van der Waals surface area contributed by atoms with Gasteiger partial charge in [0.2, 0.25) is 76.8 Å². The van der Waals surface area contributed by atoms with E-state index < -0.39 is 169 Å². The molecule has 0 spiro atoms. The van der Waals surface area contributed by atoms with Gasteiger partial charge in [0.25, 0.3) is 0 Å². The second-order valence-corrected chi connectivity index (χ2v) is 25.1. The zero-order valence-electron chi connectivity index (χ0n) is 54.5. The Hall–Kier alpha value is -8.91. The summed E-state index contributed by atoms with van der Waals surface area (Å²) in [5.74, 6) is -9.80. The number of nitrogens with zero attached hydrogens (tertiary/aromatic N) is 3. The van der Waals surface area contributed by atoms with Gasteiger partial charge in [0.1, 0.15) is 54.4 Å². The van der Waals surface area contributed by atoms with Crippen LogP contribution in [0, 0.1) is 5.92 Å². The van der Waals surface area contributed by atoms with E-state index in [2.05, 4.69) is 47.5 Å². The molecule has 2 heterocycles. The van der Waals surface area contributed by atoms with E-state index in [1.807, 2.05) is 20.1 Å². The zero-order valence-corrected chi connectivity index (χ0v) is 55.3. The van der Waals surface area contributed by atoms with Crippen molar-refractivity contribution in [3.8, 4) is 0 Å². The van der Waals surface area contributed by atoms with Crippen molar-refractivity contribution in [2.24, 2.45) is 51.0 Å². The number of likely N-dealkylation sites (tertiary alicyclic amines) is 2. The van der Waals surface area contributed by atoms with E-state index in [0.717, 1.165) is 0 Å². The molecule has 0 unspecified atom stereocenters. The normalized spacial score (nSPS) is 16.8. The molecule has 32 heteroatoms. The number of primary amides is 3. The quantitative estimate of drug-likeness (QED) is 0.0173. The van der Waals surface area contributed by atoms with E-state index >= 15 is 0 Å². The number of nitrogens with two attached hydrogens (primary N) is 7. The molecule has 2 aliphatic heterocycles. The number of benzene rings is 2. The molecular formula is C63H98N18O13S. The van der Waals surface area contributed by atoms with Gasteiger partial charge in [0.15, 0.2) is 5.96 Å². The molecule has 95 heavy (non-hydrogen) atoms. The van der Waals surface area contributed by atoms with Crippen molar-refractivity contribution in [3.63, 3.8) is 0 Å².